The summed E-state index contributed by atoms with van der Waals surface area (Å²) in [5, 5.41) is 8.26. The van der Waals surface area contributed by atoms with Crippen molar-refractivity contribution in [3.05, 3.63) is 24.0 Å². The summed E-state index contributed by atoms with van der Waals surface area (Å²) in [4.78, 5) is 10.2. The van der Waals surface area contributed by atoms with Crippen LogP contribution in [0.2, 0.25) is 0 Å². The van der Waals surface area contributed by atoms with Gasteiger partial charge in [-0.15, -0.1) is 0 Å². The lowest BCUT2D eigenvalue weighted by atomic mass is 10.1. The van der Waals surface area contributed by atoms with Gasteiger partial charge in [0.25, 0.3) is 0 Å². The molecule has 78 valence electrons. The summed E-state index contributed by atoms with van der Waals surface area (Å²) in [7, 11) is 1.52. The van der Waals surface area contributed by atoms with Crippen LogP contribution in [0.3, 0.4) is 0 Å². The fourth-order valence-electron chi connectivity index (χ4n) is 1.12. The topological polar surface area (TPSA) is 68.2 Å². The summed E-state index contributed by atoms with van der Waals surface area (Å²) >= 11 is 0. The third-order valence-corrected chi connectivity index (χ3v) is 1.98. The van der Waals surface area contributed by atoms with Crippen molar-refractivity contribution >= 4 is 5.97 Å². The minimum atomic E-state index is -3.95. The van der Waals surface area contributed by atoms with E-state index < -0.39 is 17.9 Å². The molecule has 1 atom stereocenters. The standard InChI is InChI=1S/C8H10F2N2O2/c1-12-4-2-3-5(12)6(11)8(9,10)7(13)14/h2-4,6H,11H2,1H3,(H,13,14)/t6-/m0/s1. The molecule has 14 heavy (non-hydrogen) atoms. The van der Waals surface area contributed by atoms with Crippen molar-refractivity contribution in [1.29, 1.82) is 0 Å². The smallest absolute Gasteiger partial charge is 0.376 e. The monoisotopic (exact) mass is 204 g/mol. The first kappa shape index (κ1) is 10.6. The molecule has 3 N–H and O–H groups in total. The Morgan fingerprint density at radius 1 is 1.71 bits per heavy atom. The fourth-order valence-corrected chi connectivity index (χ4v) is 1.12. The second-order valence-electron chi connectivity index (χ2n) is 2.95. The highest BCUT2D eigenvalue weighted by Gasteiger charge is 2.47. The van der Waals surface area contributed by atoms with Gasteiger partial charge in [-0.25, -0.2) is 4.79 Å². The molecule has 0 bridgehead atoms. The van der Waals surface area contributed by atoms with Crippen molar-refractivity contribution in [3.8, 4) is 0 Å². The van der Waals surface area contributed by atoms with E-state index in [0.29, 0.717) is 0 Å². The van der Waals surface area contributed by atoms with E-state index in [1.54, 1.807) is 0 Å². The van der Waals surface area contributed by atoms with Gasteiger partial charge in [-0.05, 0) is 12.1 Å². The average Bonchev–Trinajstić information content (AvgIpc) is 2.49. The molecule has 0 aromatic carbocycles. The second-order valence-corrected chi connectivity index (χ2v) is 2.95. The summed E-state index contributed by atoms with van der Waals surface area (Å²) in [6, 6.07) is 1.05. The summed E-state index contributed by atoms with van der Waals surface area (Å²) in [6.07, 6.45) is 1.52. The molecule has 0 amide bonds. The molecule has 0 saturated heterocycles. The number of carbonyl (C=O) groups is 1. The van der Waals surface area contributed by atoms with Crippen molar-refractivity contribution < 1.29 is 18.7 Å². The highest BCUT2D eigenvalue weighted by atomic mass is 19.3. The van der Waals surface area contributed by atoms with Crippen LogP contribution in [-0.4, -0.2) is 21.6 Å². The van der Waals surface area contributed by atoms with E-state index in [2.05, 4.69) is 0 Å². The number of nitrogens with zero attached hydrogens (tertiary/aromatic N) is 1. The zero-order valence-electron chi connectivity index (χ0n) is 7.45. The highest BCUT2D eigenvalue weighted by Crippen LogP contribution is 2.29. The van der Waals surface area contributed by atoms with Gasteiger partial charge >= 0.3 is 11.9 Å². The lowest BCUT2D eigenvalue weighted by Crippen LogP contribution is -2.41. The van der Waals surface area contributed by atoms with E-state index in [-0.39, 0.29) is 5.69 Å². The van der Waals surface area contributed by atoms with Gasteiger partial charge in [0.15, 0.2) is 0 Å². The molecule has 1 aromatic rings. The van der Waals surface area contributed by atoms with Crippen LogP contribution in [0, 0.1) is 0 Å². The van der Waals surface area contributed by atoms with E-state index in [1.165, 1.54) is 29.9 Å². The molecule has 4 nitrogen and oxygen atoms in total. The van der Waals surface area contributed by atoms with Crippen LogP contribution < -0.4 is 5.73 Å². The van der Waals surface area contributed by atoms with Crippen LogP contribution in [-0.2, 0) is 11.8 Å². The Morgan fingerprint density at radius 2 is 2.29 bits per heavy atom. The molecule has 0 unspecified atom stereocenters. The lowest BCUT2D eigenvalue weighted by molar-refractivity contribution is -0.168. The molecular formula is C8H10F2N2O2. The van der Waals surface area contributed by atoms with E-state index in [0.717, 1.165) is 0 Å². The first-order valence-electron chi connectivity index (χ1n) is 3.85. The van der Waals surface area contributed by atoms with Gasteiger partial charge < -0.3 is 15.4 Å². The van der Waals surface area contributed by atoms with Crippen molar-refractivity contribution in [3.63, 3.8) is 0 Å². The molecule has 0 aliphatic carbocycles. The molecule has 1 aromatic heterocycles. The molecule has 1 heterocycles. The Hall–Kier alpha value is -1.43. The van der Waals surface area contributed by atoms with Crippen LogP contribution in [0.4, 0.5) is 8.78 Å². The number of alkyl halides is 2. The Balaban J connectivity index is 3.02. The van der Waals surface area contributed by atoms with Crippen molar-refractivity contribution in [2.24, 2.45) is 12.8 Å². The molecule has 0 fully saturated rings. The number of hydrogen-bond donors (Lipinski definition) is 2. The second kappa shape index (κ2) is 3.38. The van der Waals surface area contributed by atoms with Gasteiger partial charge in [0, 0.05) is 18.9 Å². The highest BCUT2D eigenvalue weighted by molar-refractivity contribution is 5.76. The normalized spacial score (nSPS) is 14.0. The minimum absolute atomic E-state index is 0.0809. The number of nitrogens with two attached hydrogens (primary N) is 1. The Bertz CT molecular complexity index is 349. The number of hydrogen-bond acceptors (Lipinski definition) is 2. The molecule has 0 aliphatic rings. The van der Waals surface area contributed by atoms with Crippen molar-refractivity contribution in [2.75, 3.05) is 0 Å². The van der Waals surface area contributed by atoms with E-state index in [1.807, 2.05) is 0 Å². The zero-order chi connectivity index (χ0) is 10.9. The van der Waals surface area contributed by atoms with Gasteiger partial charge in [-0.2, -0.15) is 8.78 Å². The number of aromatic nitrogens is 1. The third-order valence-electron chi connectivity index (χ3n) is 1.98. The number of carboxylic acid groups (broad SMARTS) is 1. The minimum Gasteiger partial charge on any atom is -0.477 e. The number of aliphatic carboxylic acids is 1. The Morgan fingerprint density at radius 3 is 2.64 bits per heavy atom. The van der Waals surface area contributed by atoms with Crippen molar-refractivity contribution in [1.82, 2.24) is 4.57 Å². The fraction of sp³-hybridized carbons (Fsp3) is 0.375. The first-order valence-corrected chi connectivity index (χ1v) is 3.85. The van der Waals surface area contributed by atoms with E-state index in [4.69, 9.17) is 10.8 Å². The van der Waals surface area contributed by atoms with Crippen molar-refractivity contribution in [2.45, 2.75) is 12.0 Å². The van der Waals surface area contributed by atoms with Crippen LogP contribution in [0.25, 0.3) is 0 Å². The van der Waals surface area contributed by atoms with E-state index in [9.17, 15) is 13.6 Å². The molecule has 6 heteroatoms. The predicted molar refractivity (Wildman–Crippen MR) is 44.9 cm³/mol. The van der Waals surface area contributed by atoms with Gasteiger partial charge in [0.1, 0.15) is 6.04 Å². The van der Waals surface area contributed by atoms with Crippen LogP contribution in [0.1, 0.15) is 11.7 Å². The average molecular weight is 204 g/mol. The summed E-state index contributed by atoms with van der Waals surface area (Å²) < 4.78 is 27.3. The van der Waals surface area contributed by atoms with Gasteiger partial charge in [0.05, 0.1) is 0 Å². The number of aryl methyl sites for hydroxylation is 1. The van der Waals surface area contributed by atoms with Crippen LogP contribution >= 0.6 is 0 Å². The number of rotatable bonds is 3. The summed E-state index contributed by atoms with van der Waals surface area (Å²) in [5.74, 6) is -6.17. The SMILES string of the molecule is Cn1cccc1[C@H](N)C(F)(F)C(=O)O. The maximum atomic E-state index is 12.9. The first-order chi connectivity index (χ1) is 6.37. The predicted octanol–water partition coefficient (Wildman–Crippen LogP) is 0.745. The maximum Gasteiger partial charge on any atom is 0.376 e. The van der Waals surface area contributed by atoms with Gasteiger partial charge in [-0.1, -0.05) is 0 Å². The Labute approximate surface area is 78.9 Å². The van der Waals surface area contributed by atoms with Gasteiger partial charge in [-0.3, -0.25) is 0 Å². The molecule has 0 saturated carbocycles. The molecular weight excluding hydrogens is 194 g/mol. The Kier molecular flexibility index (Phi) is 2.57. The summed E-state index contributed by atoms with van der Waals surface area (Å²) in [6.45, 7) is 0. The largest absolute Gasteiger partial charge is 0.477 e. The number of halogens is 2. The third kappa shape index (κ3) is 1.60. The molecule has 0 aliphatic heterocycles. The zero-order valence-corrected chi connectivity index (χ0v) is 7.45. The number of carboxylic acids is 1. The van der Waals surface area contributed by atoms with Gasteiger partial charge in [0.2, 0.25) is 0 Å². The molecule has 1 rings (SSSR count). The lowest BCUT2D eigenvalue weighted by Gasteiger charge is -2.19. The summed E-state index contributed by atoms with van der Waals surface area (Å²) in [5.41, 5.74) is 5.25. The van der Waals surface area contributed by atoms with Crippen LogP contribution in [0.15, 0.2) is 18.3 Å². The quantitative estimate of drug-likeness (QED) is 0.763. The molecule has 0 spiro atoms. The molecule has 0 radical (unpaired) electrons. The van der Waals surface area contributed by atoms with Crippen LogP contribution in [0.5, 0.6) is 0 Å². The maximum absolute atomic E-state index is 12.9. The van der Waals surface area contributed by atoms with E-state index >= 15 is 0 Å².